The average Bonchev–Trinajstić information content (AvgIpc) is 3.02. The number of fused-ring (bicyclic) bond motifs is 1. The summed E-state index contributed by atoms with van der Waals surface area (Å²) in [4.78, 5) is 25.1. The van der Waals surface area contributed by atoms with E-state index in [1.54, 1.807) is 23.1 Å². The van der Waals surface area contributed by atoms with Crippen LogP contribution in [0.1, 0.15) is 17.3 Å². The number of aromatic nitrogens is 3. The lowest BCUT2D eigenvalue weighted by molar-refractivity contribution is -0.142. The smallest absolute Gasteiger partial charge is 0.308 e. The van der Waals surface area contributed by atoms with Gasteiger partial charge in [0.05, 0.1) is 5.92 Å². The fraction of sp³-hybridized carbons (Fsp3) is 0.385. The molecule has 0 bridgehead atoms. The maximum Gasteiger partial charge on any atom is 0.308 e. The minimum atomic E-state index is -0.847. The highest BCUT2D eigenvalue weighted by Crippen LogP contribution is 2.25. The molecular weight excluding hydrogens is 260 g/mol. The number of aromatic amines is 1. The van der Waals surface area contributed by atoms with Gasteiger partial charge in [0.15, 0.2) is 0 Å². The Hall–Kier alpha value is -2.44. The van der Waals surface area contributed by atoms with Crippen LogP contribution in [0.2, 0.25) is 0 Å². The first-order valence-corrected chi connectivity index (χ1v) is 6.39. The Kier molecular flexibility index (Phi) is 2.89. The monoisotopic (exact) mass is 274 g/mol. The summed E-state index contributed by atoms with van der Waals surface area (Å²) >= 11 is 0. The van der Waals surface area contributed by atoms with Crippen molar-refractivity contribution in [2.24, 2.45) is 11.8 Å². The van der Waals surface area contributed by atoms with Crippen molar-refractivity contribution in [2.75, 3.05) is 13.1 Å². The number of aliphatic carboxylic acids is 1. The van der Waals surface area contributed by atoms with Crippen LogP contribution < -0.4 is 0 Å². The minimum absolute atomic E-state index is 0.0350. The Morgan fingerprint density at radius 2 is 2.05 bits per heavy atom. The molecule has 0 unspecified atom stereocenters. The lowest BCUT2D eigenvalue weighted by Crippen LogP contribution is -2.29. The highest BCUT2D eigenvalue weighted by atomic mass is 16.4. The van der Waals surface area contributed by atoms with Crippen LogP contribution in [0.4, 0.5) is 0 Å². The highest BCUT2D eigenvalue weighted by Gasteiger charge is 2.37. The number of hydrogen-bond donors (Lipinski definition) is 2. The number of nitrogens with one attached hydrogen (secondary N) is 1. The molecular formula is C13H14N4O3. The normalized spacial score (nSPS) is 22.4. The molecule has 1 aromatic carbocycles. The first kappa shape index (κ1) is 12.6. The predicted octanol–water partition coefficient (Wildman–Crippen LogP) is 0.751. The number of nitrogens with zero attached hydrogens (tertiary/aromatic N) is 3. The maximum atomic E-state index is 12.4. The molecule has 1 aliphatic heterocycles. The van der Waals surface area contributed by atoms with E-state index < -0.39 is 11.9 Å². The van der Waals surface area contributed by atoms with Gasteiger partial charge in [0.2, 0.25) is 0 Å². The van der Waals surface area contributed by atoms with E-state index >= 15 is 0 Å². The molecule has 0 radical (unpaired) electrons. The van der Waals surface area contributed by atoms with Crippen LogP contribution in [0.3, 0.4) is 0 Å². The lowest BCUT2D eigenvalue weighted by atomic mass is 9.99. The van der Waals surface area contributed by atoms with Gasteiger partial charge in [-0.05, 0) is 24.1 Å². The van der Waals surface area contributed by atoms with Crippen LogP contribution in [-0.4, -0.2) is 50.4 Å². The first-order chi connectivity index (χ1) is 9.56. The molecule has 7 heteroatoms. The Balaban J connectivity index is 1.84. The number of carbonyl (C=O) groups excluding carboxylic acids is 1. The highest BCUT2D eigenvalue weighted by molar-refractivity contribution is 5.97. The zero-order chi connectivity index (χ0) is 14.3. The van der Waals surface area contributed by atoms with Gasteiger partial charge in [0, 0.05) is 18.7 Å². The second-order valence-electron chi connectivity index (χ2n) is 5.16. The third-order valence-corrected chi connectivity index (χ3v) is 3.78. The molecule has 1 amide bonds. The van der Waals surface area contributed by atoms with Crippen LogP contribution in [0, 0.1) is 11.8 Å². The Bertz CT molecular complexity index is 681. The molecule has 0 aliphatic carbocycles. The van der Waals surface area contributed by atoms with E-state index in [2.05, 4.69) is 15.4 Å². The van der Waals surface area contributed by atoms with Crippen LogP contribution in [-0.2, 0) is 4.79 Å². The second kappa shape index (κ2) is 4.59. The first-order valence-electron chi connectivity index (χ1n) is 6.39. The van der Waals surface area contributed by atoms with E-state index in [9.17, 15) is 9.59 Å². The van der Waals surface area contributed by atoms with Crippen LogP contribution in [0.5, 0.6) is 0 Å². The van der Waals surface area contributed by atoms with Gasteiger partial charge in [-0.25, -0.2) is 0 Å². The van der Waals surface area contributed by atoms with Crippen LogP contribution in [0.15, 0.2) is 18.2 Å². The van der Waals surface area contributed by atoms with Gasteiger partial charge in [-0.1, -0.05) is 6.92 Å². The van der Waals surface area contributed by atoms with Crippen molar-refractivity contribution in [3.05, 3.63) is 23.8 Å². The molecule has 1 fully saturated rings. The van der Waals surface area contributed by atoms with Crippen molar-refractivity contribution in [3.63, 3.8) is 0 Å². The summed E-state index contributed by atoms with van der Waals surface area (Å²) < 4.78 is 0. The molecule has 0 saturated carbocycles. The topological polar surface area (TPSA) is 99.2 Å². The molecule has 2 atom stereocenters. The fourth-order valence-corrected chi connectivity index (χ4v) is 2.61. The number of rotatable bonds is 2. The van der Waals surface area contributed by atoms with Crippen LogP contribution in [0.25, 0.3) is 11.0 Å². The van der Waals surface area contributed by atoms with E-state index in [0.717, 1.165) is 0 Å². The molecule has 104 valence electrons. The van der Waals surface area contributed by atoms with E-state index in [1.165, 1.54) is 0 Å². The lowest BCUT2D eigenvalue weighted by Gasteiger charge is -2.15. The molecule has 2 heterocycles. The molecule has 3 rings (SSSR count). The summed E-state index contributed by atoms with van der Waals surface area (Å²) in [7, 11) is 0. The standard InChI is InChI=1S/C13H14N4O3/c1-7-5-17(6-9(7)13(19)20)12(18)8-2-3-10-11(4-8)15-16-14-10/h2-4,7,9H,5-6H2,1H3,(H,19,20)(H,14,15,16)/t7-,9-/m1/s1. The van der Waals surface area contributed by atoms with Crippen LogP contribution >= 0.6 is 0 Å². The summed E-state index contributed by atoms with van der Waals surface area (Å²) in [5.74, 6) is -1.53. The van der Waals surface area contributed by atoms with E-state index in [1.807, 2.05) is 6.92 Å². The minimum Gasteiger partial charge on any atom is -0.481 e. The molecule has 20 heavy (non-hydrogen) atoms. The number of benzene rings is 1. The van der Waals surface area contributed by atoms with E-state index in [0.29, 0.717) is 23.1 Å². The zero-order valence-corrected chi connectivity index (χ0v) is 10.9. The largest absolute Gasteiger partial charge is 0.481 e. The SMILES string of the molecule is C[C@@H]1CN(C(=O)c2ccc3n[nH]nc3c2)C[C@H]1C(=O)O. The number of likely N-dealkylation sites (tertiary alicyclic amines) is 1. The summed E-state index contributed by atoms with van der Waals surface area (Å²) in [5, 5.41) is 19.5. The van der Waals surface area contributed by atoms with Crippen molar-refractivity contribution in [3.8, 4) is 0 Å². The quantitative estimate of drug-likeness (QED) is 0.842. The van der Waals surface area contributed by atoms with Gasteiger partial charge >= 0.3 is 5.97 Å². The molecule has 2 N–H and O–H groups in total. The summed E-state index contributed by atoms with van der Waals surface area (Å²) in [6.45, 7) is 2.58. The number of hydrogen-bond acceptors (Lipinski definition) is 4. The van der Waals surface area contributed by atoms with Gasteiger partial charge in [-0.2, -0.15) is 15.4 Å². The summed E-state index contributed by atoms with van der Waals surface area (Å²) in [6, 6.07) is 5.08. The summed E-state index contributed by atoms with van der Waals surface area (Å²) in [6.07, 6.45) is 0. The summed E-state index contributed by atoms with van der Waals surface area (Å²) in [5.41, 5.74) is 1.82. The van der Waals surface area contributed by atoms with Crippen molar-refractivity contribution >= 4 is 22.9 Å². The number of amides is 1. The molecule has 7 nitrogen and oxygen atoms in total. The Labute approximate surface area is 114 Å². The van der Waals surface area contributed by atoms with Gasteiger partial charge in [-0.3, -0.25) is 9.59 Å². The number of carboxylic acids is 1. The number of H-pyrrole nitrogens is 1. The number of carboxylic acid groups (broad SMARTS) is 1. The second-order valence-corrected chi connectivity index (χ2v) is 5.16. The van der Waals surface area contributed by atoms with Gasteiger partial charge in [0.1, 0.15) is 11.0 Å². The third kappa shape index (κ3) is 2.01. The van der Waals surface area contributed by atoms with Gasteiger partial charge in [-0.15, -0.1) is 0 Å². The van der Waals surface area contributed by atoms with Crippen molar-refractivity contribution < 1.29 is 14.7 Å². The molecule has 1 saturated heterocycles. The molecule has 1 aliphatic rings. The van der Waals surface area contributed by atoms with Gasteiger partial charge in [0.25, 0.3) is 5.91 Å². The Morgan fingerprint density at radius 3 is 2.75 bits per heavy atom. The van der Waals surface area contributed by atoms with Crippen molar-refractivity contribution in [2.45, 2.75) is 6.92 Å². The van der Waals surface area contributed by atoms with Gasteiger partial charge < -0.3 is 10.0 Å². The predicted molar refractivity (Wildman–Crippen MR) is 70.1 cm³/mol. The maximum absolute atomic E-state index is 12.4. The zero-order valence-electron chi connectivity index (χ0n) is 10.9. The molecule has 1 aromatic heterocycles. The Morgan fingerprint density at radius 1 is 1.30 bits per heavy atom. The third-order valence-electron chi connectivity index (χ3n) is 3.78. The number of carbonyl (C=O) groups is 2. The van der Waals surface area contributed by atoms with Crippen molar-refractivity contribution in [1.29, 1.82) is 0 Å². The average molecular weight is 274 g/mol. The van der Waals surface area contributed by atoms with Crippen molar-refractivity contribution in [1.82, 2.24) is 20.3 Å². The van der Waals surface area contributed by atoms with E-state index in [-0.39, 0.29) is 18.4 Å². The molecule has 2 aromatic rings. The fourth-order valence-electron chi connectivity index (χ4n) is 2.61. The molecule has 0 spiro atoms. The van der Waals surface area contributed by atoms with E-state index in [4.69, 9.17) is 5.11 Å².